The van der Waals surface area contributed by atoms with Crippen molar-refractivity contribution in [3.05, 3.63) is 0 Å². The van der Waals surface area contributed by atoms with Gasteiger partial charge in [0.15, 0.2) is 0 Å². The van der Waals surface area contributed by atoms with Gasteiger partial charge in [-0.25, -0.2) is 0 Å². The molecule has 0 saturated carbocycles. The second-order valence-corrected chi connectivity index (χ2v) is 5.73. The smallest absolute Gasteiger partial charge is 0.0645 e. The van der Waals surface area contributed by atoms with Crippen LogP contribution < -0.4 is 0 Å². The molecule has 1 atom stereocenters. The van der Waals surface area contributed by atoms with Gasteiger partial charge in [0.2, 0.25) is 0 Å². The van der Waals surface area contributed by atoms with Gasteiger partial charge >= 0.3 is 0 Å². The molecule has 1 heterocycles. The summed E-state index contributed by atoms with van der Waals surface area (Å²) in [5.41, 5.74) is 0.441. The zero-order valence-electron chi connectivity index (χ0n) is 10.3. The third-order valence-corrected chi connectivity index (χ3v) is 3.64. The fraction of sp³-hybridized carbons (Fsp3) is 1.00. The molecule has 0 amide bonds. The lowest BCUT2D eigenvalue weighted by molar-refractivity contribution is -0.0578. The van der Waals surface area contributed by atoms with Gasteiger partial charge in [-0.3, -0.25) is 4.90 Å². The Hall–Kier alpha value is -0.0800. The highest BCUT2D eigenvalue weighted by Gasteiger charge is 2.25. The predicted molar refractivity (Wildman–Crippen MR) is 60.5 cm³/mol. The van der Waals surface area contributed by atoms with Gasteiger partial charge in [-0.15, -0.1) is 0 Å². The second kappa shape index (κ2) is 4.63. The summed E-state index contributed by atoms with van der Waals surface area (Å²) in [5, 5.41) is 0. The van der Waals surface area contributed by atoms with Crippen molar-refractivity contribution < 1.29 is 4.74 Å². The minimum absolute atomic E-state index is 0.441. The first-order valence-electron chi connectivity index (χ1n) is 5.69. The normalized spacial score (nSPS) is 21.0. The summed E-state index contributed by atoms with van der Waals surface area (Å²) in [5.74, 6) is 0.783. The fourth-order valence-corrected chi connectivity index (χ4v) is 1.49. The third kappa shape index (κ3) is 3.25. The lowest BCUT2D eigenvalue weighted by Crippen LogP contribution is -2.47. The Morgan fingerprint density at radius 2 is 1.93 bits per heavy atom. The average molecular weight is 199 g/mol. The van der Waals surface area contributed by atoms with E-state index in [-0.39, 0.29) is 0 Å². The summed E-state index contributed by atoms with van der Waals surface area (Å²) in [7, 11) is 2.21. The van der Waals surface area contributed by atoms with Gasteiger partial charge in [0.1, 0.15) is 0 Å². The Labute approximate surface area is 88.6 Å². The number of nitrogens with zero attached hydrogens (tertiary/aromatic N) is 1. The number of likely N-dealkylation sites (N-methyl/N-ethyl adjacent to an activating group) is 1. The van der Waals surface area contributed by atoms with Crippen LogP contribution in [0.1, 0.15) is 34.1 Å². The number of hydrogen-bond acceptors (Lipinski definition) is 2. The monoisotopic (exact) mass is 199 g/mol. The first kappa shape index (κ1) is 12.0. The zero-order valence-corrected chi connectivity index (χ0v) is 10.3. The minimum atomic E-state index is 0.441. The average Bonchev–Trinajstić information content (AvgIpc) is 1.94. The predicted octanol–water partition coefficient (Wildman–Crippen LogP) is 2.39. The van der Waals surface area contributed by atoms with Crippen molar-refractivity contribution in [1.82, 2.24) is 4.90 Å². The molecule has 2 heteroatoms. The van der Waals surface area contributed by atoms with E-state index in [2.05, 4.69) is 39.6 Å². The van der Waals surface area contributed by atoms with Gasteiger partial charge in [-0.1, -0.05) is 27.7 Å². The first-order valence-corrected chi connectivity index (χ1v) is 5.69. The highest BCUT2D eigenvalue weighted by Crippen LogP contribution is 2.28. The van der Waals surface area contributed by atoms with Crippen LogP contribution >= 0.6 is 0 Å². The molecule has 1 rings (SSSR count). The summed E-state index contributed by atoms with van der Waals surface area (Å²) >= 11 is 0. The molecule has 84 valence electrons. The van der Waals surface area contributed by atoms with Crippen LogP contribution in [0.2, 0.25) is 0 Å². The Balaban J connectivity index is 2.18. The largest absolute Gasteiger partial charge is 0.378 e. The van der Waals surface area contributed by atoms with Crippen molar-refractivity contribution in [3.8, 4) is 0 Å². The SMILES string of the molecule is CC(CCN(C)C1COC1)C(C)(C)C. The van der Waals surface area contributed by atoms with Crippen LogP contribution in [0.4, 0.5) is 0 Å². The molecule has 0 N–H and O–H groups in total. The van der Waals surface area contributed by atoms with E-state index in [1.54, 1.807) is 0 Å². The highest BCUT2D eigenvalue weighted by atomic mass is 16.5. The fourth-order valence-electron chi connectivity index (χ4n) is 1.49. The minimum Gasteiger partial charge on any atom is -0.378 e. The Bertz CT molecular complexity index is 170. The number of ether oxygens (including phenoxy) is 1. The van der Waals surface area contributed by atoms with Crippen molar-refractivity contribution in [2.75, 3.05) is 26.8 Å². The van der Waals surface area contributed by atoms with Crippen LogP contribution in [0, 0.1) is 11.3 Å². The molecule has 1 fully saturated rings. The standard InChI is InChI=1S/C12H25NO/c1-10(12(2,3)4)6-7-13(5)11-8-14-9-11/h10-11H,6-9H2,1-5H3. The van der Waals surface area contributed by atoms with Gasteiger partial charge in [0, 0.05) is 0 Å². The Kier molecular flexibility index (Phi) is 3.96. The molecule has 1 aliphatic rings. The van der Waals surface area contributed by atoms with E-state index in [9.17, 15) is 0 Å². The molecule has 0 aromatic carbocycles. The maximum atomic E-state index is 5.19. The van der Waals surface area contributed by atoms with Crippen LogP contribution in [0.3, 0.4) is 0 Å². The van der Waals surface area contributed by atoms with E-state index >= 15 is 0 Å². The highest BCUT2D eigenvalue weighted by molar-refractivity contribution is 4.77. The zero-order chi connectivity index (χ0) is 10.8. The summed E-state index contributed by atoms with van der Waals surface area (Å²) in [6, 6.07) is 0.683. The van der Waals surface area contributed by atoms with Crippen LogP contribution in [-0.2, 0) is 4.74 Å². The lowest BCUT2D eigenvalue weighted by Gasteiger charge is -2.36. The van der Waals surface area contributed by atoms with Crippen LogP contribution in [-0.4, -0.2) is 37.7 Å². The summed E-state index contributed by atoms with van der Waals surface area (Å²) in [6.07, 6.45) is 1.29. The number of hydrogen-bond donors (Lipinski definition) is 0. The van der Waals surface area contributed by atoms with Crippen molar-refractivity contribution in [3.63, 3.8) is 0 Å². The van der Waals surface area contributed by atoms with Crippen LogP contribution in [0.5, 0.6) is 0 Å². The van der Waals surface area contributed by atoms with Gasteiger partial charge < -0.3 is 4.74 Å². The van der Waals surface area contributed by atoms with Gasteiger partial charge in [-0.2, -0.15) is 0 Å². The summed E-state index contributed by atoms with van der Waals surface area (Å²) in [4.78, 5) is 2.44. The van der Waals surface area contributed by atoms with Crippen molar-refractivity contribution >= 4 is 0 Å². The maximum absolute atomic E-state index is 5.19. The molecular weight excluding hydrogens is 174 g/mol. The van der Waals surface area contributed by atoms with E-state index in [1.165, 1.54) is 13.0 Å². The molecule has 1 saturated heterocycles. The maximum Gasteiger partial charge on any atom is 0.0645 e. The molecule has 0 aromatic rings. The number of rotatable bonds is 4. The Morgan fingerprint density at radius 1 is 1.36 bits per heavy atom. The Morgan fingerprint density at radius 3 is 2.29 bits per heavy atom. The molecule has 0 aliphatic carbocycles. The molecule has 1 aliphatic heterocycles. The molecule has 0 bridgehead atoms. The molecular formula is C12H25NO. The third-order valence-electron chi connectivity index (χ3n) is 3.64. The van der Waals surface area contributed by atoms with E-state index < -0.39 is 0 Å². The molecule has 0 radical (unpaired) electrons. The summed E-state index contributed by atoms with van der Waals surface area (Å²) < 4.78 is 5.19. The van der Waals surface area contributed by atoms with Crippen molar-refractivity contribution in [2.24, 2.45) is 11.3 Å². The topological polar surface area (TPSA) is 12.5 Å². The van der Waals surface area contributed by atoms with E-state index in [4.69, 9.17) is 4.74 Å². The second-order valence-electron chi connectivity index (χ2n) is 5.73. The van der Waals surface area contributed by atoms with Gasteiger partial charge in [0.05, 0.1) is 19.3 Å². The molecule has 0 spiro atoms. The van der Waals surface area contributed by atoms with Gasteiger partial charge in [0.25, 0.3) is 0 Å². The summed E-state index contributed by atoms with van der Waals surface area (Å²) in [6.45, 7) is 12.4. The molecule has 0 aromatic heterocycles. The molecule has 2 nitrogen and oxygen atoms in total. The van der Waals surface area contributed by atoms with Crippen molar-refractivity contribution in [1.29, 1.82) is 0 Å². The van der Waals surface area contributed by atoms with Crippen LogP contribution in [0.25, 0.3) is 0 Å². The first-order chi connectivity index (χ1) is 6.41. The molecule has 1 unspecified atom stereocenters. The van der Waals surface area contributed by atoms with E-state index in [1.807, 2.05) is 0 Å². The molecule has 14 heavy (non-hydrogen) atoms. The van der Waals surface area contributed by atoms with Crippen molar-refractivity contribution in [2.45, 2.75) is 40.2 Å². The lowest BCUT2D eigenvalue weighted by atomic mass is 9.80. The quantitative estimate of drug-likeness (QED) is 0.689. The van der Waals surface area contributed by atoms with E-state index in [0.29, 0.717) is 11.5 Å². The van der Waals surface area contributed by atoms with E-state index in [0.717, 1.165) is 19.1 Å². The van der Waals surface area contributed by atoms with Gasteiger partial charge in [-0.05, 0) is 31.3 Å². The van der Waals surface area contributed by atoms with Crippen LogP contribution in [0.15, 0.2) is 0 Å².